The molecule has 0 aromatic heterocycles. The molecule has 0 saturated carbocycles. The number of rotatable bonds is 4. The van der Waals surface area contributed by atoms with Crippen molar-refractivity contribution in [3.05, 3.63) is 29.8 Å². The van der Waals surface area contributed by atoms with Gasteiger partial charge in [0.1, 0.15) is 5.75 Å². The van der Waals surface area contributed by atoms with Gasteiger partial charge in [-0.1, -0.05) is 18.6 Å². The minimum Gasteiger partial charge on any atom is -0.497 e. The van der Waals surface area contributed by atoms with Gasteiger partial charge in [-0.05, 0) is 50.3 Å². The number of methoxy groups -OCH3 is 1. The molecule has 1 aliphatic rings. The van der Waals surface area contributed by atoms with Crippen molar-refractivity contribution in [3.8, 4) is 5.75 Å². The zero-order chi connectivity index (χ0) is 15.5. The van der Waals surface area contributed by atoms with Gasteiger partial charge >= 0.3 is 0 Å². The zero-order valence-electron chi connectivity index (χ0n) is 13.1. The SMILES string of the molecule is COc1ccc(C2CCCCN(S(=O)(=O)C(C)C)C2)cc1. The molecule has 1 aromatic carbocycles. The predicted molar refractivity (Wildman–Crippen MR) is 85.2 cm³/mol. The minimum atomic E-state index is -3.17. The molecule has 5 heteroatoms. The van der Waals surface area contributed by atoms with E-state index in [1.165, 1.54) is 5.56 Å². The van der Waals surface area contributed by atoms with Gasteiger partial charge in [0.25, 0.3) is 0 Å². The van der Waals surface area contributed by atoms with Crippen LogP contribution in [0.3, 0.4) is 0 Å². The molecule has 1 aliphatic heterocycles. The summed E-state index contributed by atoms with van der Waals surface area (Å²) < 4.78 is 31.7. The van der Waals surface area contributed by atoms with Crippen LogP contribution >= 0.6 is 0 Å². The van der Waals surface area contributed by atoms with Crippen LogP contribution in [-0.4, -0.2) is 38.2 Å². The molecule has 0 spiro atoms. The predicted octanol–water partition coefficient (Wildman–Crippen LogP) is 3.00. The first-order valence-corrected chi connectivity index (χ1v) is 9.08. The molecule has 0 aliphatic carbocycles. The van der Waals surface area contributed by atoms with Gasteiger partial charge < -0.3 is 4.74 Å². The van der Waals surface area contributed by atoms with Gasteiger partial charge in [0.15, 0.2) is 0 Å². The Hall–Kier alpha value is -1.07. The largest absolute Gasteiger partial charge is 0.497 e. The van der Waals surface area contributed by atoms with Crippen molar-refractivity contribution in [2.75, 3.05) is 20.2 Å². The van der Waals surface area contributed by atoms with Crippen molar-refractivity contribution in [2.45, 2.75) is 44.3 Å². The molecule has 1 atom stereocenters. The van der Waals surface area contributed by atoms with Crippen molar-refractivity contribution >= 4 is 10.0 Å². The lowest BCUT2D eigenvalue weighted by atomic mass is 9.94. The van der Waals surface area contributed by atoms with Crippen molar-refractivity contribution < 1.29 is 13.2 Å². The highest BCUT2D eigenvalue weighted by atomic mass is 32.2. The average Bonchev–Trinajstić information content (AvgIpc) is 2.73. The molecular weight excluding hydrogens is 286 g/mol. The van der Waals surface area contributed by atoms with Gasteiger partial charge in [-0.25, -0.2) is 12.7 Å². The summed E-state index contributed by atoms with van der Waals surface area (Å²) in [4.78, 5) is 0. The Labute approximate surface area is 128 Å². The first-order chi connectivity index (χ1) is 9.95. The number of hydrogen-bond donors (Lipinski definition) is 0. The van der Waals surface area contributed by atoms with E-state index in [1.54, 1.807) is 25.3 Å². The third kappa shape index (κ3) is 3.77. The second kappa shape index (κ2) is 6.79. The fourth-order valence-corrected chi connectivity index (χ4v) is 4.15. The summed E-state index contributed by atoms with van der Waals surface area (Å²) in [6.45, 7) is 4.74. The van der Waals surface area contributed by atoms with Crippen LogP contribution in [-0.2, 0) is 10.0 Å². The van der Waals surface area contributed by atoms with Crippen LogP contribution in [0.1, 0.15) is 44.6 Å². The van der Waals surface area contributed by atoms with Crippen molar-refractivity contribution in [3.63, 3.8) is 0 Å². The van der Waals surface area contributed by atoms with Crippen LogP contribution in [0.15, 0.2) is 24.3 Å². The monoisotopic (exact) mass is 311 g/mol. The quantitative estimate of drug-likeness (QED) is 0.859. The number of nitrogens with zero attached hydrogens (tertiary/aromatic N) is 1. The lowest BCUT2D eigenvalue weighted by Crippen LogP contribution is -2.38. The van der Waals surface area contributed by atoms with Gasteiger partial charge in [-0.15, -0.1) is 0 Å². The third-order valence-corrected chi connectivity index (χ3v) is 6.42. The lowest BCUT2D eigenvalue weighted by molar-refractivity contribution is 0.400. The van der Waals surface area contributed by atoms with E-state index < -0.39 is 10.0 Å². The van der Waals surface area contributed by atoms with E-state index in [2.05, 4.69) is 12.1 Å². The Morgan fingerprint density at radius 2 is 1.86 bits per heavy atom. The summed E-state index contributed by atoms with van der Waals surface area (Å²) in [7, 11) is -1.52. The first-order valence-electron chi connectivity index (χ1n) is 7.58. The maximum absolute atomic E-state index is 12.4. The summed E-state index contributed by atoms with van der Waals surface area (Å²) >= 11 is 0. The maximum Gasteiger partial charge on any atom is 0.216 e. The van der Waals surface area contributed by atoms with Gasteiger partial charge in [0, 0.05) is 13.1 Å². The van der Waals surface area contributed by atoms with Crippen LogP contribution in [0.4, 0.5) is 0 Å². The van der Waals surface area contributed by atoms with Crippen molar-refractivity contribution in [1.82, 2.24) is 4.31 Å². The molecule has 118 valence electrons. The molecule has 2 rings (SSSR count). The molecule has 0 radical (unpaired) electrons. The summed E-state index contributed by atoms with van der Waals surface area (Å²) in [6, 6.07) is 7.99. The third-order valence-electron chi connectivity index (χ3n) is 4.18. The van der Waals surface area contributed by atoms with E-state index in [0.717, 1.165) is 25.0 Å². The molecule has 1 saturated heterocycles. The molecule has 1 fully saturated rings. The number of ether oxygens (including phenoxy) is 1. The zero-order valence-corrected chi connectivity index (χ0v) is 13.9. The molecule has 1 unspecified atom stereocenters. The van der Waals surface area contributed by atoms with E-state index in [0.29, 0.717) is 13.1 Å². The smallest absolute Gasteiger partial charge is 0.216 e. The molecule has 21 heavy (non-hydrogen) atoms. The van der Waals surface area contributed by atoms with Gasteiger partial charge in [0.2, 0.25) is 10.0 Å². The number of benzene rings is 1. The maximum atomic E-state index is 12.4. The molecule has 0 amide bonds. The highest BCUT2D eigenvalue weighted by Gasteiger charge is 2.30. The van der Waals surface area contributed by atoms with E-state index in [4.69, 9.17) is 4.74 Å². The highest BCUT2D eigenvalue weighted by molar-refractivity contribution is 7.89. The fourth-order valence-electron chi connectivity index (χ4n) is 2.78. The fraction of sp³-hybridized carbons (Fsp3) is 0.625. The van der Waals surface area contributed by atoms with Crippen LogP contribution < -0.4 is 4.74 Å². The van der Waals surface area contributed by atoms with E-state index in [-0.39, 0.29) is 11.2 Å². The van der Waals surface area contributed by atoms with Gasteiger partial charge in [0.05, 0.1) is 12.4 Å². The Kier molecular flexibility index (Phi) is 5.27. The summed E-state index contributed by atoms with van der Waals surface area (Å²) in [5.41, 5.74) is 1.20. The summed E-state index contributed by atoms with van der Waals surface area (Å²) in [5, 5.41) is -0.355. The van der Waals surface area contributed by atoms with Crippen molar-refractivity contribution in [1.29, 1.82) is 0 Å². The highest BCUT2D eigenvalue weighted by Crippen LogP contribution is 2.29. The van der Waals surface area contributed by atoms with Crippen LogP contribution in [0.25, 0.3) is 0 Å². The Bertz CT molecular complexity index is 551. The molecule has 1 aromatic rings. The first kappa shape index (κ1) is 16.3. The molecule has 0 bridgehead atoms. The normalized spacial score (nSPS) is 21.2. The Balaban J connectivity index is 2.19. The Morgan fingerprint density at radius 3 is 2.43 bits per heavy atom. The molecule has 1 heterocycles. The van der Waals surface area contributed by atoms with E-state index >= 15 is 0 Å². The second-order valence-corrected chi connectivity index (χ2v) is 8.41. The average molecular weight is 311 g/mol. The number of sulfonamides is 1. The van der Waals surface area contributed by atoms with E-state index in [1.807, 2.05) is 12.1 Å². The van der Waals surface area contributed by atoms with Crippen LogP contribution in [0, 0.1) is 0 Å². The van der Waals surface area contributed by atoms with E-state index in [9.17, 15) is 8.42 Å². The van der Waals surface area contributed by atoms with Gasteiger partial charge in [-0.2, -0.15) is 0 Å². The topological polar surface area (TPSA) is 46.6 Å². The summed E-state index contributed by atoms with van der Waals surface area (Å²) in [5.74, 6) is 1.10. The van der Waals surface area contributed by atoms with Crippen LogP contribution in [0.2, 0.25) is 0 Å². The molecular formula is C16H25NO3S. The standard InChI is InChI=1S/C16H25NO3S/c1-13(2)21(18,19)17-11-5-4-6-15(12-17)14-7-9-16(20-3)10-8-14/h7-10,13,15H,4-6,11-12H2,1-3H3. The van der Waals surface area contributed by atoms with Gasteiger partial charge in [-0.3, -0.25) is 0 Å². The number of hydrogen-bond acceptors (Lipinski definition) is 3. The van der Waals surface area contributed by atoms with Crippen molar-refractivity contribution in [2.24, 2.45) is 0 Å². The molecule has 0 N–H and O–H groups in total. The Morgan fingerprint density at radius 1 is 1.19 bits per heavy atom. The minimum absolute atomic E-state index is 0.270. The summed E-state index contributed by atoms with van der Waals surface area (Å²) in [6.07, 6.45) is 3.05. The van der Waals surface area contributed by atoms with Crippen LogP contribution in [0.5, 0.6) is 5.75 Å². The lowest BCUT2D eigenvalue weighted by Gasteiger charge is -2.26. The molecule has 4 nitrogen and oxygen atoms in total. The second-order valence-electron chi connectivity index (χ2n) is 5.92.